The maximum Gasteiger partial charge on any atom is 0.240 e. The second-order valence-electron chi connectivity index (χ2n) is 4.10. The Balaban J connectivity index is 0.00000162. The minimum atomic E-state index is -3.38. The summed E-state index contributed by atoms with van der Waals surface area (Å²) in [6, 6.07) is 6.72. The van der Waals surface area contributed by atoms with Crippen LogP contribution in [0, 0.1) is 0 Å². The van der Waals surface area contributed by atoms with Gasteiger partial charge in [0.1, 0.15) is 0 Å². The van der Waals surface area contributed by atoms with Crippen LogP contribution in [0.4, 0.5) is 0 Å². The summed E-state index contributed by atoms with van der Waals surface area (Å²) in [4.78, 5) is 0.319. The van der Waals surface area contributed by atoms with Crippen LogP contribution in [0.25, 0.3) is 0 Å². The van der Waals surface area contributed by atoms with E-state index in [-0.39, 0.29) is 18.4 Å². The first-order valence-corrected chi connectivity index (χ1v) is 7.84. The van der Waals surface area contributed by atoms with Crippen molar-refractivity contribution < 1.29 is 8.42 Å². The number of benzene rings is 1. The average molecular weight is 356 g/mol. The number of hydrogen-bond donors (Lipinski definition) is 2. The van der Waals surface area contributed by atoms with Crippen LogP contribution in [0.5, 0.6) is 0 Å². The number of halogens is 2. The van der Waals surface area contributed by atoms with Gasteiger partial charge >= 0.3 is 0 Å². The van der Waals surface area contributed by atoms with E-state index in [1.165, 1.54) is 0 Å². The molecule has 0 bridgehead atoms. The van der Waals surface area contributed by atoms with Crippen LogP contribution >= 0.6 is 28.3 Å². The first kappa shape index (κ1) is 15.9. The van der Waals surface area contributed by atoms with Crippen molar-refractivity contribution in [2.24, 2.45) is 0 Å². The summed E-state index contributed by atoms with van der Waals surface area (Å²) in [7, 11) is -3.38. The van der Waals surface area contributed by atoms with Crippen molar-refractivity contribution >= 4 is 38.4 Å². The van der Waals surface area contributed by atoms with Crippen molar-refractivity contribution in [2.45, 2.75) is 23.8 Å². The van der Waals surface area contributed by atoms with Gasteiger partial charge in [0.2, 0.25) is 10.0 Å². The predicted molar refractivity (Wildman–Crippen MR) is 77.6 cm³/mol. The summed E-state index contributed by atoms with van der Waals surface area (Å²) in [5.74, 6) is 0. The highest BCUT2D eigenvalue weighted by Gasteiger charge is 2.21. The lowest BCUT2D eigenvalue weighted by molar-refractivity contribution is 0.427. The fraction of sp³-hybridized carbons (Fsp3) is 0.455. The molecule has 1 saturated heterocycles. The third-order valence-electron chi connectivity index (χ3n) is 2.78. The minimum absolute atomic E-state index is 0. The Morgan fingerprint density at radius 3 is 2.28 bits per heavy atom. The minimum Gasteiger partial charge on any atom is -0.317 e. The van der Waals surface area contributed by atoms with Gasteiger partial charge in [-0.05, 0) is 50.2 Å². The molecule has 0 atom stereocenters. The second kappa shape index (κ2) is 6.86. The fourth-order valence-electron chi connectivity index (χ4n) is 1.84. The molecule has 1 fully saturated rings. The lowest BCUT2D eigenvalue weighted by Crippen LogP contribution is -2.42. The Morgan fingerprint density at radius 1 is 1.17 bits per heavy atom. The van der Waals surface area contributed by atoms with Crippen molar-refractivity contribution in [1.82, 2.24) is 10.0 Å². The molecule has 1 aliphatic heterocycles. The zero-order valence-corrected chi connectivity index (χ0v) is 12.9. The first-order valence-electron chi connectivity index (χ1n) is 5.56. The third kappa shape index (κ3) is 4.20. The van der Waals surface area contributed by atoms with E-state index in [4.69, 9.17) is 0 Å². The fourth-order valence-corrected chi connectivity index (χ4v) is 3.41. The van der Waals surface area contributed by atoms with Crippen molar-refractivity contribution in [3.05, 3.63) is 28.7 Å². The lowest BCUT2D eigenvalue weighted by atomic mass is 10.1. The molecule has 4 nitrogen and oxygen atoms in total. The van der Waals surface area contributed by atoms with Gasteiger partial charge in [-0.15, -0.1) is 12.4 Å². The molecular formula is C11H16BrClN2O2S. The first-order chi connectivity index (χ1) is 8.08. The van der Waals surface area contributed by atoms with E-state index in [0.717, 1.165) is 30.4 Å². The molecule has 1 aromatic rings. The van der Waals surface area contributed by atoms with Crippen LogP contribution in [-0.2, 0) is 10.0 Å². The highest BCUT2D eigenvalue weighted by Crippen LogP contribution is 2.16. The largest absolute Gasteiger partial charge is 0.317 e. The topological polar surface area (TPSA) is 58.2 Å². The highest BCUT2D eigenvalue weighted by molar-refractivity contribution is 9.10. The molecule has 2 N–H and O–H groups in total. The Morgan fingerprint density at radius 2 is 1.72 bits per heavy atom. The molecule has 2 rings (SSSR count). The van der Waals surface area contributed by atoms with Gasteiger partial charge in [0.05, 0.1) is 4.90 Å². The van der Waals surface area contributed by atoms with Crippen molar-refractivity contribution in [3.63, 3.8) is 0 Å². The van der Waals surface area contributed by atoms with Crippen LogP contribution < -0.4 is 10.0 Å². The molecule has 0 saturated carbocycles. The van der Waals surface area contributed by atoms with Crippen LogP contribution in [0.1, 0.15) is 12.8 Å². The maximum absolute atomic E-state index is 12.1. The molecule has 0 unspecified atom stereocenters. The molecule has 0 aliphatic carbocycles. The molecule has 18 heavy (non-hydrogen) atoms. The van der Waals surface area contributed by atoms with Crippen LogP contribution in [0.15, 0.2) is 33.6 Å². The quantitative estimate of drug-likeness (QED) is 0.870. The third-order valence-corrected chi connectivity index (χ3v) is 4.85. The summed E-state index contributed by atoms with van der Waals surface area (Å²) in [5, 5.41) is 3.21. The summed E-state index contributed by atoms with van der Waals surface area (Å²) < 4.78 is 27.8. The van der Waals surface area contributed by atoms with E-state index in [0.29, 0.717) is 4.90 Å². The summed E-state index contributed by atoms with van der Waals surface area (Å²) in [5.41, 5.74) is 0. The predicted octanol–water partition coefficient (Wildman–Crippen LogP) is 1.90. The van der Waals surface area contributed by atoms with E-state index in [2.05, 4.69) is 26.0 Å². The molecule has 1 aliphatic rings. The van der Waals surface area contributed by atoms with E-state index < -0.39 is 10.0 Å². The van der Waals surface area contributed by atoms with Crippen LogP contribution in [0.2, 0.25) is 0 Å². The lowest BCUT2D eigenvalue weighted by Gasteiger charge is -2.23. The standard InChI is InChI=1S/C11H15BrN2O2S.ClH/c12-9-1-3-11(4-2-9)17(15,16)14-10-5-7-13-8-6-10;/h1-4,10,13-14H,5-8H2;1H. The van der Waals surface area contributed by atoms with Gasteiger partial charge in [-0.2, -0.15) is 0 Å². The number of piperidine rings is 1. The molecule has 102 valence electrons. The Labute approximate surface area is 122 Å². The van der Waals surface area contributed by atoms with Gasteiger partial charge in [-0.1, -0.05) is 15.9 Å². The Hall–Kier alpha value is -0.140. The number of hydrogen-bond acceptors (Lipinski definition) is 3. The van der Waals surface area contributed by atoms with Gasteiger partial charge in [-0.3, -0.25) is 0 Å². The Bertz CT molecular complexity index is 472. The van der Waals surface area contributed by atoms with Gasteiger partial charge in [0.15, 0.2) is 0 Å². The summed E-state index contributed by atoms with van der Waals surface area (Å²) in [6.45, 7) is 1.74. The molecule has 7 heteroatoms. The SMILES string of the molecule is Cl.O=S(=O)(NC1CCNCC1)c1ccc(Br)cc1. The van der Waals surface area contributed by atoms with Gasteiger partial charge < -0.3 is 5.32 Å². The van der Waals surface area contributed by atoms with Gasteiger partial charge in [-0.25, -0.2) is 13.1 Å². The number of rotatable bonds is 3. The maximum atomic E-state index is 12.1. The molecule has 0 amide bonds. The smallest absolute Gasteiger partial charge is 0.240 e. The average Bonchev–Trinajstić information content (AvgIpc) is 2.30. The van der Waals surface area contributed by atoms with Gasteiger partial charge in [0, 0.05) is 10.5 Å². The zero-order chi connectivity index (χ0) is 12.3. The monoisotopic (exact) mass is 354 g/mol. The van der Waals surface area contributed by atoms with Crippen LogP contribution in [-0.4, -0.2) is 27.5 Å². The Kier molecular flexibility index (Phi) is 6.07. The normalized spacial score (nSPS) is 17.2. The molecular weight excluding hydrogens is 340 g/mol. The highest BCUT2D eigenvalue weighted by atomic mass is 79.9. The van der Waals surface area contributed by atoms with E-state index in [1.54, 1.807) is 24.3 Å². The summed E-state index contributed by atoms with van der Waals surface area (Å²) >= 11 is 3.29. The summed E-state index contributed by atoms with van der Waals surface area (Å²) in [6.07, 6.45) is 1.69. The van der Waals surface area contributed by atoms with E-state index in [1.807, 2.05) is 0 Å². The van der Waals surface area contributed by atoms with Crippen LogP contribution in [0.3, 0.4) is 0 Å². The van der Waals surface area contributed by atoms with Crippen molar-refractivity contribution in [3.8, 4) is 0 Å². The van der Waals surface area contributed by atoms with E-state index in [9.17, 15) is 8.42 Å². The number of nitrogens with one attached hydrogen (secondary N) is 2. The number of sulfonamides is 1. The van der Waals surface area contributed by atoms with Gasteiger partial charge in [0.25, 0.3) is 0 Å². The zero-order valence-electron chi connectivity index (χ0n) is 9.73. The second-order valence-corrected chi connectivity index (χ2v) is 6.73. The van der Waals surface area contributed by atoms with E-state index >= 15 is 0 Å². The molecule has 0 spiro atoms. The van der Waals surface area contributed by atoms with Crippen molar-refractivity contribution in [1.29, 1.82) is 0 Å². The van der Waals surface area contributed by atoms with Crippen molar-refractivity contribution in [2.75, 3.05) is 13.1 Å². The molecule has 0 radical (unpaired) electrons. The molecule has 1 aromatic carbocycles. The molecule has 0 aromatic heterocycles. The molecule has 1 heterocycles.